The minimum Gasteiger partial charge on any atom is -0.478 e. The van der Waals surface area contributed by atoms with Gasteiger partial charge < -0.3 is 15.0 Å². The summed E-state index contributed by atoms with van der Waals surface area (Å²) in [6.45, 7) is 0.665. The lowest BCUT2D eigenvalue weighted by Crippen LogP contribution is -2.24. The van der Waals surface area contributed by atoms with Gasteiger partial charge in [-0.25, -0.2) is 4.79 Å². The van der Waals surface area contributed by atoms with E-state index in [9.17, 15) is 14.4 Å². The van der Waals surface area contributed by atoms with Crippen molar-refractivity contribution in [2.75, 3.05) is 0 Å². The van der Waals surface area contributed by atoms with Crippen molar-refractivity contribution in [2.24, 2.45) is 0 Å². The van der Waals surface area contributed by atoms with E-state index < -0.39 is 5.97 Å². The first-order chi connectivity index (χ1) is 15.0. The van der Waals surface area contributed by atoms with E-state index in [-0.39, 0.29) is 17.0 Å². The Bertz CT molecular complexity index is 1310. The Morgan fingerprint density at radius 2 is 1.61 bits per heavy atom. The molecule has 154 valence electrons. The number of hydrogen-bond donors (Lipinski definition) is 2. The maximum atomic E-state index is 13.0. The van der Waals surface area contributed by atoms with Crippen LogP contribution in [-0.2, 0) is 13.1 Å². The van der Waals surface area contributed by atoms with Gasteiger partial charge in [0, 0.05) is 36.1 Å². The second-order valence-corrected chi connectivity index (χ2v) is 7.09. The van der Waals surface area contributed by atoms with Gasteiger partial charge in [-0.15, -0.1) is 0 Å². The lowest BCUT2D eigenvalue weighted by molar-refractivity contribution is 0.0696. The van der Waals surface area contributed by atoms with Crippen LogP contribution in [-0.4, -0.2) is 26.5 Å². The largest absolute Gasteiger partial charge is 0.478 e. The molecule has 0 radical (unpaired) electrons. The summed E-state index contributed by atoms with van der Waals surface area (Å²) in [5.74, 6) is -1.26. The minimum absolute atomic E-state index is 0.192. The number of rotatable bonds is 6. The number of carbonyl (C=O) groups excluding carboxylic acids is 1. The molecule has 0 saturated carbocycles. The van der Waals surface area contributed by atoms with Crippen LogP contribution in [0.3, 0.4) is 0 Å². The van der Waals surface area contributed by atoms with Crippen molar-refractivity contribution >= 4 is 22.6 Å². The van der Waals surface area contributed by atoms with Gasteiger partial charge in [0.05, 0.1) is 12.1 Å². The molecule has 4 aromatic rings. The monoisotopic (exact) mass is 413 g/mol. The van der Waals surface area contributed by atoms with E-state index in [2.05, 4.69) is 10.3 Å². The van der Waals surface area contributed by atoms with Crippen LogP contribution in [0.2, 0.25) is 0 Å². The Hall–Kier alpha value is -4.26. The molecule has 0 saturated heterocycles. The first kappa shape index (κ1) is 20.0. The number of nitrogens with zero attached hydrogens (tertiary/aromatic N) is 2. The molecule has 0 aliphatic carbocycles. The fourth-order valence-corrected chi connectivity index (χ4v) is 3.28. The summed E-state index contributed by atoms with van der Waals surface area (Å²) in [6.07, 6.45) is 5.02. The van der Waals surface area contributed by atoms with Gasteiger partial charge in [0.1, 0.15) is 0 Å². The second-order valence-electron chi connectivity index (χ2n) is 7.09. The molecule has 0 bridgehead atoms. The van der Waals surface area contributed by atoms with Crippen molar-refractivity contribution in [3.05, 3.63) is 112 Å². The third-order valence-corrected chi connectivity index (χ3v) is 5.00. The number of carboxylic acid groups (broad SMARTS) is 1. The fourth-order valence-electron chi connectivity index (χ4n) is 3.28. The molecule has 7 heteroatoms. The van der Waals surface area contributed by atoms with E-state index in [0.717, 1.165) is 16.5 Å². The van der Waals surface area contributed by atoms with E-state index in [4.69, 9.17) is 5.11 Å². The maximum absolute atomic E-state index is 13.0. The normalized spacial score (nSPS) is 10.7. The van der Waals surface area contributed by atoms with Crippen molar-refractivity contribution in [3.63, 3.8) is 0 Å². The summed E-state index contributed by atoms with van der Waals surface area (Å²) in [4.78, 5) is 40.5. The van der Waals surface area contributed by atoms with Gasteiger partial charge in [-0.3, -0.25) is 14.6 Å². The van der Waals surface area contributed by atoms with E-state index >= 15 is 0 Å². The fraction of sp³-hybridized carbons (Fsp3) is 0.0833. The van der Waals surface area contributed by atoms with E-state index in [0.29, 0.717) is 24.0 Å². The highest BCUT2D eigenvalue weighted by atomic mass is 16.4. The zero-order valence-electron chi connectivity index (χ0n) is 16.5. The predicted molar refractivity (Wildman–Crippen MR) is 116 cm³/mol. The number of nitrogens with one attached hydrogen (secondary N) is 1. The lowest BCUT2D eigenvalue weighted by Gasteiger charge is -2.10. The highest BCUT2D eigenvalue weighted by Gasteiger charge is 2.10. The number of amides is 1. The first-order valence-corrected chi connectivity index (χ1v) is 9.64. The van der Waals surface area contributed by atoms with Crippen molar-refractivity contribution in [1.29, 1.82) is 0 Å². The Labute approximate surface area is 177 Å². The van der Waals surface area contributed by atoms with Gasteiger partial charge in [0.25, 0.3) is 11.5 Å². The van der Waals surface area contributed by atoms with Crippen LogP contribution in [0.15, 0.2) is 84.0 Å². The number of aromatic nitrogens is 2. The Kier molecular flexibility index (Phi) is 5.57. The Morgan fingerprint density at radius 1 is 0.903 bits per heavy atom. The average Bonchev–Trinajstić information content (AvgIpc) is 2.80. The molecule has 2 aromatic heterocycles. The van der Waals surface area contributed by atoms with Crippen LogP contribution in [0.25, 0.3) is 10.8 Å². The zero-order chi connectivity index (χ0) is 21.8. The number of carboxylic acids is 1. The van der Waals surface area contributed by atoms with Crippen LogP contribution in [0.4, 0.5) is 0 Å². The number of fused-ring (bicyclic) bond motifs is 1. The molecule has 0 aliphatic heterocycles. The number of carbonyl (C=O) groups is 2. The molecule has 0 aliphatic rings. The van der Waals surface area contributed by atoms with E-state index in [1.165, 1.54) is 16.7 Å². The molecule has 4 rings (SSSR count). The van der Waals surface area contributed by atoms with Crippen molar-refractivity contribution in [1.82, 2.24) is 14.9 Å². The molecular formula is C24H19N3O4. The molecule has 0 spiro atoms. The van der Waals surface area contributed by atoms with Crippen molar-refractivity contribution < 1.29 is 14.7 Å². The molecule has 0 unspecified atom stereocenters. The van der Waals surface area contributed by atoms with Crippen LogP contribution < -0.4 is 10.9 Å². The molecule has 7 nitrogen and oxygen atoms in total. The quantitative estimate of drug-likeness (QED) is 0.506. The minimum atomic E-state index is -0.996. The maximum Gasteiger partial charge on any atom is 0.335 e. The van der Waals surface area contributed by atoms with Crippen molar-refractivity contribution in [3.8, 4) is 0 Å². The van der Waals surface area contributed by atoms with Gasteiger partial charge in [-0.2, -0.15) is 0 Å². The predicted octanol–water partition coefficient (Wildman–Crippen LogP) is 3.07. The standard InChI is InChI=1S/C24H19N3O4/c28-22(26-14-16-7-10-25-11-8-16)20-6-5-18-9-12-27(23(29)21(18)13-20)15-17-1-3-19(4-2-17)24(30)31/h1-13H,14-15H2,(H,26,28)(H,30,31). The Balaban J connectivity index is 1.57. The zero-order valence-corrected chi connectivity index (χ0v) is 16.5. The van der Waals surface area contributed by atoms with Gasteiger partial charge in [0.2, 0.25) is 0 Å². The third-order valence-electron chi connectivity index (χ3n) is 5.00. The summed E-state index contributed by atoms with van der Waals surface area (Å²) < 4.78 is 1.54. The molecule has 31 heavy (non-hydrogen) atoms. The van der Waals surface area contributed by atoms with Gasteiger partial charge >= 0.3 is 5.97 Å². The number of aromatic carboxylic acids is 1. The topological polar surface area (TPSA) is 101 Å². The van der Waals surface area contributed by atoms with Crippen LogP contribution in [0.5, 0.6) is 0 Å². The van der Waals surface area contributed by atoms with Gasteiger partial charge in [-0.1, -0.05) is 18.2 Å². The Morgan fingerprint density at radius 3 is 2.32 bits per heavy atom. The molecule has 2 N–H and O–H groups in total. The molecule has 1 amide bonds. The van der Waals surface area contributed by atoms with Crippen LogP contribution in [0, 0.1) is 0 Å². The second kappa shape index (κ2) is 8.62. The third kappa shape index (κ3) is 4.51. The highest BCUT2D eigenvalue weighted by Crippen LogP contribution is 2.14. The van der Waals surface area contributed by atoms with Crippen molar-refractivity contribution in [2.45, 2.75) is 13.1 Å². The molecule has 0 atom stereocenters. The molecular weight excluding hydrogens is 394 g/mol. The van der Waals surface area contributed by atoms with Gasteiger partial charge in [-0.05, 0) is 59.0 Å². The summed E-state index contributed by atoms with van der Waals surface area (Å²) in [5, 5.41) is 13.0. The van der Waals surface area contributed by atoms with Gasteiger partial charge in [0.15, 0.2) is 0 Å². The number of pyridine rings is 2. The molecule has 2 aromatic carbocycles. The highest BCUT2D eigenvalue weighted by molar-refractivity contribution is 5.98. The van der Waals surface area contributed by atoms with Crippen LogP contribution in [0.1, 0.15) is 31.8 Å². The number of hydrogen-bond acceptors (Lipinski definition) is 4. The average molecular weight is 413 g/mol. The van der Waals surface area contributed by atoms with E-state index in [1.807, 2.05) is 18.2 Å². The lowest BCUT2D eigenvalue weighted by atomic mass is 10.1. The summed E-state index contributed by atoms with van der Waals surface area (Å²) in [6, 6.07) is 16.9. The summed E-state index contributed by atoms with van der Waals surface area (Å²) in [5.41, 5.74) is 2.11. The van der Waals surface area contributed by atoms with E-state index in [1.54, 1.807) is 48.9 Å². The molecule has 0 fully saturated rings. The smallest absolute Gasteiger partial charge is 0.335 e. The summed E-state index contributed by atoms with van der Waals surface area (Å²) >= 11 is 0. The van der Waals surface area contributed by atoms with Crippen LogP contribution >= 0.6 is 0 Å². The summed E-state index contributed by atoms with van der Waals surface area (Å²) in [7, 11) is 0. The first-order valence-electron chi connectivity index (χ1n) is 9.64. The molecule has 2 heterocycles. The SMILES string of the molecule is O=C(O)c1ccc(Cn2ccc3ccc(C(=O)NCc4ccncc4)cc3c2=O)cc1. The number of benzene rings is 2.